The highest BCUT2D eigenvalue weighted by Crippen LogP contribution is 2.22. The Bertz CT molecular complexity index is 764. The number of hydrogen-bond donors (Lipinski definition) is 1. The zero-order chi connectivity index (χ0) is 19.1. The standard InChI is InChI=1S/C20H22ClNO4/c1-13-11-16(21)9-10-18(13)26-14(2)19(23)22-17(20(24)25-3)12-15-7-5-4-6-8-15/h4-11,14,17H,12H2,1-3H3,(H,22,23)/t14-,17+/m1/s1. The smallest absolute Gasteiger partial charge is 0.328 e. The fraction of sp³-hybridized carbons (Fsp3) is 0.300. The van der Waals surface area contributed by atoms with E-state index >= 15 is 0 Å². The minimum Gasteiger partial charge on any atom is -0.481 e. The van der Waals surface area contributed by atoms with Crippen molar-refractivity contribution in [3.8, 4) is 5.75 Å². The number of benzene rings is 2. The van der Waals surface area contributed by atoms with Crippen molar-refractivity contribution >= 4 is 23.5 Å². The molecule has 0 saturated carbocycles. The van der Waals surface area contributed by atoms with Gasteiger partial charge in [0.25, 0.3) is 5.91 Å². The Labute approximate surface area is 158 Å². The number of ether oxygens (including phenoxy) is 2. The SMILES string of the molecule is COC(=O)[C@H](Cc1ccccc1)NC(=O)[C@@H](C)Oc1ccc(Cl)cc1C. The first kappa shape index (κ1) is 19.8. The van der Waals surface area contributed by atoms with Gasteiger partial charge in [0, 0.05) is 11.4 Å². The van der Waals surface area contributed by atoms with Gasteiger partial charge in [-0.15, -0.1) is 0 Å². The largest absolute Gasteiger partial charge is 0.481 e. The van der Waals surface area contributed by atoms with E-state index in [1.165, 1.54) is 7.11 Å². The van der Waals surface area contributed by atoms with E-state index in [0.717, 1.165) is 11.1 Å². The second kappa shape index (κ2) is 9.25. The van der Waals surface area contributed by atoms with Crippen molar-refractivity contribution in [2.75, 3.05) is 7.11 Å². The molecular weight excluding hydrogens is 354 g/mol. The number of hydrogen-bond acceptors (Lipinski definition) is 4. The molecule has 1 N–H and O–H groups in total. The van der Waals surface area contributed by atoms with E-state index < -0.39 is 24.0 Å². The molecule has 0 aromatic heterocycles. The van der Waals surface area contributed by atoms with Crippen molar-refractivity contribution in [1.29, 1.82) is 0 Å². The lowest BCUT2D eigenvalue weighted by atomic mass is 10.1. The van der Waals surface area contributed by atoms with Crippen LogP contribution in [0.4, 0.5) is 0 Å². The van der Waals surface area contributed by atoms with Gasteiger partial charge in [0.05, 0.1) is 7.11 Å². The summed E-state index contributed by atoms with van der Waals surface area (Å²) in [5.41, 5.74) is 1.75. The summed E-state index contributed by atoms with van der Waals surface area (Å²) < 4.78 is 10.5. The lowest BCUT2D eigenvalue weighted by molar-refractivity contribution is -0.145. The summed E-state index contributed by atoms with van der Waals surface area (Å²) in [7, 11) is 1.30. The van der Waals surface area contributed by atoms with E-state index in [4.69, 9.17) is 21.1 Å². The molecule has 5 nitrogen and oxygen atoms in total. The Kier molecular flexibility index (Phi) is 7.04. The van der Waals surface area contributed by atoms with E-state index in [2.05, 4.69) is 5.32 Å². The van der Waals surface area contributed by atoms with E-state index in [1.54, 1.807) is 25.1 Å². The third kappa shape index (κ3) is 5.49. The number of halogens is 1. The number of esters is 1. The minimum absolute atomic E-state index is 0.339. The highest BCUT2D eigenvalue weighted by Gasteiger charge is 2.25. The number of rotatable bonds is 7. The van der Waals surface area contributed by atoms with Crippen LogP contribution in [0.3, 0.4) is 0 Å². The first-order chi connectivity index (χ1) is 12.4. The molecule has 0 heterocycles. The molecule has 0 fully saturated rings. The summed E-state index contributed by atoms with van der Waals surface area (Å²) in [6, 6.07) is 13.8. The maximum absolute atomic E-state index is 12.5. The van der Waals surface area contributed by atoms with Crippen LogP contribution in [0.1, 0.15) is 18.1 Å². The number of nitrogens with one attached hydrogen (secondary N) is 1. The molecule has 1 amide bonds. The van der Waals surface area contributed by atoms with Crippen molar-refractivity contribution < 1.29 is 19.1 Å². The fourth-order valence-electron chi connectivity index (χ4n) is 2.46. The number of amides is 1. The summed E-state index contributed by atoms with van der Waals surface area (Å²) in [4.78, 5) is 24.5. The molecule has 0 radical (unpaired) electrons. The molecule has 6 heteroatoms. The molecule has 0 unspecified atom stereocenters. The van der Waals surface area contributed by atoms with Crippen molar-refractivity contribution in [1.82, 2.24) is 5.32 Å². The summed E-state index contributed by atoms with van der Waals surface area (Å²) in [6.45, 7) is 3.47. The monoisotopic (exact) mass is 375 g/mol. The fourth-order valence-corrected chi connectivity index (χ4v) is 2.69. The number of carbonyl (C=O) groups is 2. The zero-order valence-corrected chi connectivity index (χ0v) is 15.7. The first-order valence-electron chi connectivity index (χ1n) is 8.25. The third-order valence-corrected chi connectivity index (χ3v) is 4.13. The molecule has 2 rings (SSSR count). The Morgan fingerprint density at radius 1 is 1.15 bits per heavy atom. The van der Waals surface area contributed by atoms with E-state index in [0.29, 0.717) is 17.2 Å². The van der Waals surface area contributed by atoms with Crippen LogP contribution in [0.15, 0.2) is 48.5 Å². The number of carbonyl (C=O) groups excluding carboxylic acids is 2. The lowest BCUT2D eigenvalue weighted by Crippen LogP contribution is -2.47. The summed E-state index contributed by atoms with van der Waals surface area (Å²) in [5, 5.41) is 3.30. The Morgan fingerprint density at radius 2 is 1.85 bits per heavy atom. The highest BCUT2D eigenvalue weighted by molar-refractivity contribution is 6.30. The van der Waals surface area contributed by atoms with Gasteiger partial charge >= 0.3 is 5.97 Å². The van der Waals surface area contributed by atoms with Crippen molar-refractivity contribution in [3.05, 3.63) is 64.7 Å². The van der Waals surface area contributed by atoms with Gasteiger partial charge in [-0.1, -0.05) is 41.9 Å². The molecule has 0 saturated heterocycles. The predicted molar refractivity (Wildman–Crippen MR) is 100 cm³/mol. The average molecular weight is 376 g/mol. The Morgan fingerprint density at radius 3 is 2.46 bits per heavy atom. The Balaban J connectivity index is 2.04. The van der Waals surface area contributed by atoms with Crippen LogP contribution in [-0.4, -0.2) is 31.1 Å². The molecule has 0 spiro atoms. The van der Waals surface area contributed by atoms with Crippen LogP contribution in [0.25, 0.3) is 0 Å². The van der Waals surface area contributed by atoms with Gasteiger partial charge in [0.15, 0.2) is 6.10 Å². The molecular formula is C20H22ClNO4. The van der Waals surface area contributed by atoms with E-state index in [1.807, 2.05) is 37.3 Å². The molecule has 0 aliphatic heterocycles. The van der Waals surface area contributed by atoms with Crippen LogP contribution in [0.5, 0.6) is 5.75 Å². The van der Waals surface area contributed by atoms with Gasteiger partial charge in [-0.05, 0) is 43.2 Å². The minimum atomic E-state index is -0.785. The topological polar surface area (TPSA) is 64.6 Å². The number of aryl methyl sites for hydroxylation is 1. The maximum atomic E-state index is 12.5. The van der Waals surface area contributed by atoms with Crippen molar-refractivity contribution in [3.63, 3.8) is 0 Å². The third-order valence-electron chi connectivity index (χ3n) is 3.89. The van der Waals surface area contributed by atoms with Crippen LogP contribution in [-0.2, 0) is 20.7 Å². The van der Waals surface area contributed by atoms with Gasteiger partial charge in [0.2, 0.25) is 0 Å². The van der Waals surface area contributed by atoms with Gasteiger partial charge in [-0.2, -0.15) is 0 Å². The second-order valence-electron chi connectivity index (χ2n) is 5.94. The van der Waals surface area contributed by atoms with Crippen LogP contribution >= 0.6 is 11.6 Å². The normalized spacial score (nSPS) is 12.8. The van der Waals surface area contributed by atoms with E-state index in [9.17, 15) is 9.59 Å². The second-order valence-corrected chi connectivity index (χ2v) is 6.38. The molecule has 138 valence electrons. The van der Waals surface area contributed by atoms with Crippen molar-refractivity contribution in [2.24, 2.45) is 0 Å². The molecule has 2 atom stereocenters. The highest BCUT2D eigenvalue weighted by atomic mass is 35.5. The summed E-state index contributed by atoms with van der Waals surface area (Å²) >= 11 is 5.93. The van der Waals surface area contributed by atoms with Gasteiger partial charge < -0.3 is 14.8 Å². The average Bonchev–Trinajstić information content (AvgIpc) is 2.63. The van der Waals surface area contributed by atoms with Crippen LogP contribution in [0, 0.1) is 6.92 Å². The molecule has 2 aromatic rings. The van der Waals surface area contributed by atoms with Crippen LogP contribution < -0.4 is 10.1 Å². The maximum Gasteiger partial charge on any atom is 0.328 e. The summed E-state index contributed by atoms with van der Waals surface area (Å²) in [6.07, 6.45) is -0.441. The van der Waals surface area contributed by atoms with E-state index in [-0.39, 0.29) is 0 Å². The quantitative estimate of drug-likeness (QED) is 0.754. The zero-order valence-electron chi connectivity index (χ0n) is 15.0. The molecule has 2 aromatic carbocycles. The molecule has 0 aliphatic rings. The van der Waals surface area contributed by atoms with Gasteiger partial charge in [-0.25, -0.2) is 4.79 Å². The summed E-state index contributed by atoms with van der Waals surface area (Å²) in [5.74, 6) is -0.336. The molecule has 26 heavy (non-hydrogen) atoms. The molecule has 0 bridgehead atoms. The van der Waals surface area contributed by atoms with Gasteiger partial charge in [-0.3, -0.25) is 4.79 Å². The first-order valence-corrected chi connectivity index (χ1v) is 8.63. The Hall–Kier alpha value is -2.53. The number of methoxy groups -OCH3 is 1. The lowest BCUT2D eigenvalue weighted by Gasteiger charge is -2.21. The molecule has 0 aliphatic carbocycles. The predicted octanol–water partition coefficient (Wildman–Crippen LogP) is 3.32. The van der Waals surface area contributed by atoms with Crippen LogP contribution in [0.2, 0.25) is 5.02 Å². The van der Waals surface area contributed by atoms with Crippen molar-refractivity contribution in [2.45, 2.75) is 32.4 Å². The van der Waals surface area contributed by atoms with Gasteiger partial charge in [0.1, 0.15) is 11.8 Å².